The van der Waals surface area contributed by atoms with Crippen molar-refractivity contribution in [1.29, 1.82) is 0 Å². The molecule has 1 fully saturated rings. The van der Waals surface area contributed by atoms with Crippen LogP contribution in [0.25, 0.3) is 21.7 Å². The van der Waals surface area contributed by atoms with Crippen LogP contribution in [0.4, 0.5) is 0 Å². The van der Waals surface area contributed by atoms with Gasteiger partial charge in [0.2, 0.25) is 94.5 Å². The molecule has 1 aliphatic rings. The molecule has 110 heavy (non-hydrogen) atoms. The van der Waals surface area contributed by atoms with E-state index >= 15 is 9.59 Å². The third-order valence-corrected chi connectivity index (χ3v) is 17.7. The Morgan fingerprint density at radius 3 is 1.84 bits per heavy atom. The third kappa shape index (κ3) is 26.4. The molecular weight excluding hydrogens is 1430 g/mol. The highest BCUT2D eigenvalue weighted by molar-refractivity contribution is 6.02. The van der Waals surface area contributed by atoms with Crippen molar-refractivity contribution in [3.63, 3.8) is 0 Å². The van der Waals surface area contributed by atoms with E-state index in [4.69, 9.17) is 21.9 Å². The second-order valence-corrected chi connectivity index (χ2v) is 27.2. The lowest BCUT2D eigenvalue weighted by Crippen LogP contribution is -2.64. The first-order valence-corrected chi connectivity index (χ1v) is 35.2. The first-order valence-electron chi connectivity index (χ1n) is 35.2. The number of aromatic nitrogens is 1. The number of H-pyrrole nitrogens is 1. The number of carbonyl (C=O) groups excluding carboxylic acids is 16. The van der Waals surface area contributed by atoms with Crippen LogP contribution in [0.2, 0.25) is 0 Å². The number of benzene rings is 4. The average Bonchev–Trinajstić information content (AvgIpc) is 1.40. The number of nitrogens with two attached hydrogens (primary N) is 3. The number of hydrogen-bond acceptors (Lipinski definition) is 19. The number of methoxy groups -OCH3 is 1. The van der Waals surface area contributed by atoms with Gasteiger partial charge in [-0.2, -0.15) is 0 Å². The second-order valence-electron chi connectivity index (χ2n) is 27.2. The van der Waals surface area contributed by atoms with Crippen molar-refractivity contribution in [3.8, 4) is 5.75 Å². The van der Waals surface area contributed by atoms with Gasteiger partial charge < -0.3 is 106 Å². The normalized spacial score (nSPS) is 22.3. The topological polar surface area (TPSA) is 590 Å². The zero-order valence-electron chi connectivity index (χ0n) is 61.6. The van der Waals surface area contributed by atoms with Gasteiger partial charge in [-0.05, 0) is 106 Å². The summed E-state index contributed by atoms with van der Waals surface area (Å²) >= 11 is 0. The summed E-state index contributed by atoms with van der Waals surface area (Å²) in [5.74, 6) is -18.6. The van der Waals surface area contributed by atoms with E-state index in [1.54, 1.807) is 84.9 Å². The number of aliphatic carboxylic acids is 1. The van der Waals surface area contributed by atoms with Gasteiger partial charge in [0, 0.05) is 56.3 Å². The monoisotopic (exact) mass is 1530 g/mol. The summed E-state index contributed by atoms with van der Waals surface area (Å²) in [6.45, 7) is 6.58. The van der Waals surface area contributed by atoms with Crippen molar-refractivity contribution < 1.29 is 96.5 Å². The van der Waals surface area contributed by atoms with Crippen molar-refractivity contribution in [2.45, 2.75) is 190 Å². The number of para-hydroxylation sites is 1. The number of hydrogen-bond donors (Lipinski definition) is 19. The molecule has 592 valence electrons. The number of primary amides is 3. The number of aromatic amines is 1. The van der Waals surface area contributed by atoms with E-state index < -0.39 is 211 Å². The van der Waals surface area contributed by atoms with Crippen molar-refractivity contribution in [3.05, 3.63) is 114 Å². The number of aliphatic hydroxyl groups excluding tert-OH is 1. The van der Waals surface area contributed by atoms with Gasteiger partial charge in [0.05, 0.1) is 32.5 Å². The Balaban J connectivity index is 1.44. The molecule has 4 aromatic carbocycles. The number of carboxylic acid groups (broad SMARTS) is 1. The predicted molar refractivity (Wildman–Crippen MR) is 394 cm³/mol. The molecule has 22 N–H and O–H groups in total. The van der Waals surface area contributed by atoms with Gasteiger partial charge in [-0.3, -0.25) is 81.5 Å². The zero-order valence-corrected chi connectivity index (χ0v) is 61.6. The maximum Gasteiger partial charge on any atom is 0.325 e. The average molecular weight is 1530 g/mol. The van der Waals surface area contributed by atoms with E-state index in [1.807, 2.05) is 6.07 Å². The van der Waals surface area contributed by atoms with Crippen LogP contribution in [0.3, 0.4) is 0 Å². The molecule has 0 spiro atoms. The Labute approximate surface area is 631 Å². The van der Waals surface area contributed by atoms with Crippen LogP contribution in [-0.4, -0.2) is 207 Å². The number of ether oxygens (including phenoxy) is 1. The fraction of sp³-hybridized carbons (Fsp3) is 0.438. The molecule has 1 aliphatic heterocycles. The predicted octanol–water partition coefficient (Wildman–Crippen LogP) is -4.18. The first-order chi connectivity index (χ1) is 51.9. The molecule has 0 aliphatic carbocycles. The van der Waals surface area contributed by atoms with E-state index in [9.17, 15) is 82.1 Å². The lowest BCUT2D eigenvalue weighted by molar-refractivity contribution is -0.142. The summed E-state index contributed by atoms with van der Waals surface area (Å²) in [5, 5.41) is 54.4. The van der Waals surface area contributed by atoms with Gasteiger partial charge in [0.1, 0.15) is 77.7 Å². The van der Waals surface area contributed by atoms with Gasteiger partial charge >= 0.3 is 5.97 Å². The molecule has 2 unspecified atom stereocenters. The lowest BCUT2D eigenvalue weighted by atomic mass is 9.98. The van der Waals surface area contributed by atoms with Crippen molar-refractivity contribution in [2.75, 3.05) is 13.7 Å². The molecular formula is C73H95N17O20. The third-order valence-electron chi connectivity index (χ3n) is 17.7. The number of nitrogens with one attached hydrogen (secondary N) is 14. The van der Waals surface area contributed by atoms with Crippen LogP contribution in [0.1, 0.15) is 110 Å². The summed E-state index contributed by atoms with van der Waals surface area (Å²) in [4.78, 5) is 238. The fourth-order valence-electron chi connectivity index (χ4n) is 11.7. The van der Waals surface area contributed by atoms with Crippen LogP contribution < -0.4 is 91.1 Å². The van der Waals surface area contributed by atoms with E-state index in [0.29, 0.717) is 33.3 Å². The molecule has 2 heterocycles. The number of aliphatic hydroxyl groups is 1. The SMILES string of the molecule is COc1ccc(C[C@@H]2NC(=O)[C@H](C)NC(=O)[C@H](CCC(N)=O)NC(=O)[C@H](Cc3c[nH]c4ccccc34)NC(=O)[C@H](C(C)O)NC(=O)[C@H](CC(N)=O)NC(=O)C(NC(C)=O)CCCCNC(=O)C[C@H](C(=O)N[C@@H](CC(N)=O)C(=O)N[C@@H](C)C(=O)O)NC(=O)C(C)(C)NC(=O)[C@H](Cc3ccc4ccccc4c3)NC2=O)cc1. The summed E-state index contributed by atoms with van der Waals surface area (Å²) in [5.41, 5.74) is 16.3. The molecule has 5 aromatic rings. The Bertz CT molecular complexity index is 4260. The molecule has 0 radical (unpaired) electrons. The number of carbonyl (C=O) groups is 17. The minimum atomic E-state index is -2.12. The molecule has 1 saturated heterocycles. The standard InChI is InChI=1S/C73H95N17O20/c1-36-61(97)83-50(29-40-20-23-45(110-7)24-21-40)65(101)84-51(30-41-19-22-42-14-8-9-15-43(42)28-41)69(105)90-73(5,6)72(109)88-55(67(103)86-53(32-57(75)94)64(100)80-37(2)71(107)108)34-59(96)77-27-13-12-18-48(81-39(4)92)63(99)85-54(33-58(76)95)68(104)89-60(38(3)91)70(106)87-52(31-44-35-78-47-17-11-10-16-46(44)47)66(102)82-49(62(98)79-36)25-26-56(74)93/h8-11,14-17,19-24,28,35-38,48-55,60,78,91H,12-13,18,25-27,29-34H2,1-7H3,(H2,74,93)(H2,75,94)(H2,76,95)(H,77,96)(H,79,98)(H,80,100)(H,81,92)(H,82,102)(H,83,97)(H,84,101)(H,85,99)(H,86,103)(H,87,106)(H,88,109)(H,89,104)(H,90,105)(H,107,108)/t36-,37-,38?,48?,49-,50-,51-,52-,53-,54-,55+,60-/m0/s1. The largest absolute Gasteiger partial charge is 0.497 e. The molecule has 37 nitrogen and oxygen atoms in total. The van der Waals surface area contributed by atoms with E-state index in [2.05, 4.69) is 74.1 Å². The molecule has 6 rings (SSSR count). The Hall–Kier alpha value is -12.6. The first kappa shape index (κ1) is 86.4. The van der Waals surface area contributed by atoms with Gasteiger partial charge in [-0.1, -0.05) is 72.8 Å². The summed E-state index contributed by atoms with van der Waals surface area (Å²) in [6, 6.07) is 6.33. The molecule has 0 saturated carbocycles. The van der Waals surface area contributed by atoms with Crippen molar-refractivity contribution in [2.24, 2.45) is 17.2 Å². The minimum absolute atomic E-state index is 0.00156. The second kappa shape index (κ2) is 40.4. The summed E-state index contributed by atoms with van der Waals surface area (Å²) < 4.78 is 5.33. The van der Waals surface area contributed by atoms with Gasteiger partial charge in [-0.25, -0.2) is 0 Å². The van der Waals surface area contributed by atoms with Crippen LogP contribution >= 0.6 is 0 Å². The zero-order chi connectivity index (χ0) is 81.3. The highest BCUT2D eigenvalue weighted by Gasteiger charge is 2.40. The number of rotatable bonds is 21. The van der Waals surface area contributed by atoms with Crippen LogP contribution in [0.15, 0.2) is 97.2 Å². The van der Waals surface area contributed by atoms with Crippen molar-refractivity contribution in [1.82, 2.24) is 74.1 Å². The smallest absolute Gasteiger partial charge is 0.325 e. The Morgan fingerprint density at radius 2 is 1.20 bits per heavy atom. The molecule has 16 amide bonds. The number of carboxylic acids is 1. The summed E-state index contributed by atoms with van der Waals surface area (Å²) in [6.07, 6.45) is -5.32. The Morgan fingerprint density at radius 1 is 0.618 bits per heavy atom. The number of amides is 16. The Kier molecular flexibility index (Phi) is 31.7. The fourth-order valence-corrected chi connectivity index (χ4v) is 11.7. The van der Waals surface area contributed by atoms with Crippen LogP contribution in [0, 0.1) is 0 Å². The van der Waals surface area contributed by atoms with Gasteiger partial charge in [-0.15, -0.1) is 0 Å². The summed E-state index contributed by atoms with van der Waals surface area (Å²) in [7, 11) is 1.42. The lowest BCUT2D eigenvalue weighted by Gasteiger charge is -2.31. The van der Waals surface area contributed by atoms with Crippen molar-refractivity contribution >= 4 is 122 Å². The van der Waals surface area contributed by atoms with Gasteiger partial charge in [0.15, 0.2) is 0 Å². The molecule has 37 heteroatoms. The van der Waals surface area contributed by atoms with E-state index in [-0.39, 0.29) is 45.1 Å². The van der Waals surface area contributed by atoms with Crippen LogP contribution in [-0.2, 0) is 101 Å². The highest BCUT2D eigenvalue weighted by Crippen LogP contribution is 2.22. The quantitative estimate of drug-likeness (QED) is 0.0331. The van der Waals surface area contributed by atoms with Gasteiger partial charge in [0.25, 0.3) is 0 Å². The molecule has 1 aromatic heterocycles. The van der Waals surface area contributed by atoms with E-state index in [1.165, 1.54) is 34.1 Å². The maximum atomic E-state index is 15.1. The minimum Gasteiger partial charge on any atom is -0.497 e. The van der Waals surface area contributed by atoms with Crippen LogP contribution in [0.5, 0.6) is 5.75 Å². The highest BCUT2D eigenvalue weighted by atomic mass is 16.5. The van der Waals surface area contributed by atoms with E-state index in [0.717, 1.165) is 31.5 Å². The number of fused-ring (bicyclic) bond motifs is 2. The molecule has 0 bridgehead atoms. The maximum absolute atomic E-state index is 15.1. The molecule has 12 atom stereocenters.